The summed E-state index contributed by atoms with van der Waals surface area (Å²) in [5.74, 6) is -0.500. The minimum absolute atomic E-state index is 0.390. The topological polar surface area (TPSA) is 66.9 Å². The van der Waals surface area contributed by atoms with Crippen LogP contribution in [0.4, 0.5) is 0 Å². The van der Waals surface area contributed by atoms with E-state index in [1.54, 1.807) is 6.07 Å². The van der Waals surface area contributed by atoms with Crippen LogP contribution in [0.5, 0.6) is 0 Å². The Morgan fingerprint density at radius 1 is 1.58 bits per heavy atom. The Labute approximate surface area is 77.9 Å². The second-order valence-electron chi connectivity index (χ2n) is 2.17. The Bertz CT molecular complexity index is 368. The highest BCUT2D eigenvalue weighted by Crippen LogP contribution is 2.17. The molecule has 0 aliphatic rings. The van der Waals surface area contributed by atoms with Gasteiger partial charge in [-0.3, -0.25) is 4.79 Å². The van der Waals surface area contributed by atoms with Crippen LogP contribution in [-0.2, 0) is 0 Å². The number of benzene rings is 1. The Kier molecular flexibility index (Phi) is 2.46. The minimum Gasteiger partial charge on any atom is -0.366 e. The van der Waals surface area contributed by atoms with Crippen molar-refractivity contribution in [3.05, 3.63) is 33.8 Å². The van der Waals surface area contributed by atoms with Crippen molar-refractivity contribution >= 4 is 21.8 Å². The molecule has 0 heterocycles. The van der Waals surface area contributed by atoms with Gasteiger partial charge in [0.15, 0.2) is 0 Å². The highest BCUT2D eigenvalue weighted by atomic mass is 79.9. The van der Waals surface area contributed by atoms with E-state index in [4.69, 9.17) is 11.0 Å². The van der Waals surface area contributed by atoms with Crippen molar-refractivity contribution in [3.63, 3.8) is 0 Å². The van der Waals surface area contributed by atoms with Crippen molar-refractivity contribution in [1.29, 1.82) is 5.26 Å². The summed E-state index contributed by atoms with van der Waals surface area (Å²) in [6, 6.07) is 6.56. The fourth-order valence-electron chi connectivity index (χ4n) is 0.759. The third kappa shape index (κ3) is 1.63. The predicted molar refractivity (Wildman–Crippen MR) is 47.4 cm³/mol. The van der Waals surface area contributed by atoms with Crippen molar-refractivity contribution in [3.8, 4) is 6.07 Å². The van der Waals surface area contributed by atoms with Gasteiger partial charge >= 0.3 is 0 Å². The fraction of sp³-hybridized carbons (Fsp3) is 0. The van der Waals surface area contributed by atoms with Crippen LogP contribution in [0.3, 0.4) is 0 Å². The maximum atomic E-state index is 10.7. The molecule has 0 aliphatic heterocycles. The average Bonchev–Trinajstić information content (AvgIpc) is 2.04. The van der Waals surface area contributed by atoms with Gasteiger partial charge in [-0.2, -0.15) is 5.26 Å². The van der Waals surface area contributed by atoms with Crippen molar-refractivity contribution in [2.75, 3.05) is 0 Å². The Hall–Kier alpha value is -1.34. The SMILES string of the molecule is N#Cc1ccc(C(N)=O)cc1Br. The summed E-state index contributed by atoms with van der Waals surface area (Å²) < 4.78 is 0.585. The van der Waals surface area contributed by atoms with E-state index < -0.39 is 5.91 Å². The number of nitrogens with two attached hydrogens (primary N) is 1. The first-order valence-electron chi connectivity index (χ1n) is 3.14. The van der Waals surface area contributed by atoms with E-state index in [2.05, 4.69) is 15.9 Å². The Balaban J connectivity index is 3.21. The smallest absolute Gasteiger partial charge is 0.248 e. The van der Waals surface area contributed by atoms with Crippen LogP contribution in [0.2, 0.25) is 0 Å². The number of amides is 1. The van der Waals surface area contributed by atoms with Crippen molar-refractivity contribution in [2.45, 2.75) is 0 Å². The van der Waals surface area contributed by atoms with Gasteiger partial charge in [0.2, 0.25) is 5.91 Å². The molecule has 4 heteroatoms. The van der Waals surface area contributed by atoms with Crippen LogP contribution >= 0.6 is 15.9 Å². The summed E-state index contributed by atoms with van der Waals surface area (Å²) in [7, 11) is 0. The van der Waals surface area contributed by atoms with Gasteiger partial charge in [0, 0.05) is 10.0 Å². The molecule has 0 bridgehead atoms. The largest absolute Gasteiger partial charge is 0.366 e. The number of hydrogen-bond acceptors (Lipinski definition) is 2. The second-order valence-corrected chi connectivity index (χ2v) is 3.03. The summed E-state index contributed by atoms with van der Waals surface area (Å²) in [5.41, 5.74) is 5.91. The number of carbonyl (C=O) groups is 1. The van der Waals surface area contributed by atoms with Gasteiger partial charge in [0.05, 0.1) is 5.56 Å². The average molecular weight is 225 g/mol. The maximum absolute atomic E-state index is 10.7. The van der Waals surface area contributed by atoms with E-state index in [-0.39, 0.29) is 0 Å². The molecule has 0 saturated heterocycles. The van der Waals surface area contributed by atoms with Crippen molar-refractivity contribution < 1.29 is 4.79 Å². The number of halogens is 1. The molecule has 0 radical (unpaired) electrons. The first-order chi connectivity index (χ1) is 5.65. The van der Waals surface area contributed by atoms with Crippen LogP contribution in [0, 0.1) is 11.3 Å². The molecule has 0 fully saturated rings. The van der Waals surface area contributed by atoms with Gasteiger partial charge in [-0.05, 0) is 34.1 Å². The first kappa shape index (κ1) is 8.75. The summed E-state index contributed by atoms with van der Waals surface area (Å²) in [4.78, 5) is 10.7. The lowest BCUT2D eigenvalue weighted by atomic mass is 10.1. The van der Waals surface area contributed by atoms with Crippen LogP contribution in [0.1, 0.15) is 15.9 Å². The summed E-state index contributed by atoms with van der Waals surface area (Å²) >= 11 is 3.15. The molecule has 0 atom stereocenters. The molecule has 1 amide bonds. The van der Waals surface area contributed by atoms with E-state index in [0.29, 0.717) is 15.6 Å². The lowest BCUT2D eigenvalue weighted by molar-refractivity contribution is 0.100. The monoisotopic (exact) mass is 224 g/mol. The standard InChI is InChI=1S/C8H5BrN2O/c9-7-3-5(8(11)12)1-2-6(7)4-10/h1-3H,(H2,11,12). The van der Waals surface area contributed by atoms with E-state index in [9.17, 15) is 4.79 Å². The molecule has 0 aliphatic carbocycles. The van der Waals surface area contributed by atoms with E-state index in [1.807, 2.05) is 6.07 Å². The summed E-state index contributed by atoms with van der Waals surface area (Å²) in [6.07, 6.45) is 0. The Morgan fingerprint density at radius 2 is 2.25 bits per heavy atom. The first-order valence-corrected chi connectivity index (χ1v) is 3.94. The molecular formula is C8H5BrN2O. The summed E-state index contributed by atoms with van der Waals surface area (Å²) in [5, 5.41) is 8.55. The summed E-state index contributed by atoms with van der Waals surface area (Å²) in [6.45, 7) is 0. The van der Waals surface area contributed by atoms with Crippen molar-refractivity contribution in [2.24, 2.45) is 5.73 Å². The van der Waals surface area contributed by atoms with Gasteiger partial charge in [-0.1, -0.05) is 0 Å². The third-order valence-corrected chi connectivity index (χ3v) is 2.03. The van der Waals surface area contributed by atoms with Crippen LogP contribution in [-0.4, -0.2) is 5.91 Å². The van der Waals surface area contributed by atoms with Crippen LogP contribution in [0.25, 0.3) is 0 Å². The zero-order valence-corrected chi connectivity index (χ0v) is 7.63. The van der Waals surface area contributed by atoms with Gasteiger partial charge in [-0.25, -0.2) is 0 Å². The molecule has 0 spiro atoms. The molecule has 1 aromatic rings. The van der Waals surface area contributed by atoms with Crippen LogP contribution < -0.4 is 5.73 Å². The molecule has 2 N–H and O–H groups in total. The van der Waals surface area contributed by atoms with Gasteiger partial charge in [0.1, 0.15) is 6.07 Å². The molecule has 0 aromatic heterocycles. The molecule has 0 saturated carbocycles. The highest BCUT2D eigenvalue weighted by Gasteiger charge is 2.03. The molecule has 3 nitrogen and oxygen atoms in total. The van der Waals surface area contributed by atoms with Crippen LogP contribution in [0.15, 0.2) is 22.7 Å². The predicted octanol–water partition coefficient (Wildman–Crippen LogP) is 1.42. The third-order valence-electron chi connectivity index (χ3n) is 1.37. The number of nitrogens with zero attached hydrogens (tertiary/aromatic N) is 1. The highest BCUT2D eigenvalue weighted by molar-refractivity contribution is 9.10. The number of nitriles is 1. The lowest BCUT2D eigenvalue weighted by Crippen LogP contribution is -2.10. The van der Waals surface area contributed by atoms with E-state index in [0.717, 1.165) is 0 Å². The van der Waals surface area contributed by atoms with Gasteiger partial charge in [-0.15, -0.1) is 0 Å². The quantitative estimate of drug-likeness (QED) is 0.785. The number of rotatable bonds is 1. The maximum Gasteiger partial charge on any atom is 0.248 e. The van der Waals surface area contributed by atoms with Gasteiger partial charge in [0.25, 0.3) is 0 Å². The number of carbonyl (C=O) groups excluding carboxylic acids is 1. The number of primary amides is 1. The fourth-order valence-corrected chi connectivity index (χ4v) is 1.23. The molecule has 1 aromatic carbocycles. The molecule has 60 valence electrons. The normalized spacial score (nSPS) is 9.00. The zero-order valence-electron chi connectivity index (χ0n) is 6.04. The Morgan fingerprint density at radius 3 is 2.67 bits per heavy atom. The van der Waals surface area contributed by atoms with E-state index >= 15 is 0 Å². The van der Waals surface area contributed by atoms with Gasteiger partial charge < -0.3 is 5.73 Å². The minimum atomic E-state index is -0.500. The number of hydrogen-bond donors (Lipinski definition) is 1. The molecular weight excluding hydrogens is 220 g/mol. The molecule has 1 rings (SSSR count). The molecule has 12 heavy (non-hydrogen) atoms. The molecule has 0 unspecified atom stereocenters. The second kappa shape index (κ2) is 3.37. The van der Waals surface area contributed by atoms with Crippen molar-refractivity contribution in [1.82, 2.24) is 0 Å². The lowest BCUT2D eigenvalue weighted by Gasteiger charge is -1.97. The van der Waals surface area contributed by atoms with E-state index in [1.165, 1.54) is 12.1 Å². The zero-order chi connectivity index (χ0) is 9.14.